The number of hydrogen-bond acceptors (Lipinski definition) is 4. The lowest BCUT2D eigenvalue weighted by atomic mass is 10.2. The van der Waals surface area contributed by atoms with E-state index in [-0.39, 0.29) is 11.5 Å². The number of carbonyl (C=O) groups is 1. The van der Waals surface area contributed by atoms with Gasteiger partial charge in [0.15, 0.2) is 5.82 Å². The monoisotopic (exact) mass is 263 g/mol. The number of pyridine rings is 1. The standard InChI is InChI=1S/C13H14FN3O2/c1-4-19-13(18)10-7-15-17(9(10)3)12-6-5-11(14)8(2)16-12/h5-7H,4H2,1-3H3. The molecule has 0 saturated carbocycles. The third-order valence-electron chi connectivity index (χ3n) is 2.73. The molecule has 0 atom stereocenters. The summed E-state index contributed by atoms with van der Waals surface area (Å²) in [6.45, 7) is 5.35. The maximum absolute atomic E-state index is 13.2. The van der Waals surface area contributed by atoms with Crippen LogP contribution in [0.5, 0.6) is 0 Å². The molecule has 0 fully saturated rings. The van der Waals surface area contributed by atoms with Crippen molar-refractivity contribution in [3.8, 4) is 5.82 Å². The second kappa shape index (κ2) is 5.17. The molecule has 0 saturated heterocycles. The van der Waals surface area contributed by atoms with E-state index >= 15 is 0 Å². The summed E-state index contributed by atoms with van der Waals surface area (Å²) in [6.07, 6.45) is 1.42. The van der Waals surface area contributed by atoms with Gasteiger partial charge in [-0.2, -0.15) is 5.10 Å². The summed E-state index contributed by atoms with van der Waals surface area (Å²) in [5, 5.41) is 4.09. The van der Waals surface area contributed by atoms with E-state index < -0.39 is 5.97 Å². The van der Waals surface area contributed by atoms with E-state index in [1.807, 2.05) is 0 Å². The van der Waals surface area contributed by atoms with Gasteiger partial charge in [0.1, 0.15) is 11.4 Å². The van der Waals surface area contributed by atoms with E-state index in [2.05, 4.69) is 10.1 Å². The first kappa shape index (κ1) is 13.2. The molecule has 0 bridgehead atoms. The molecule has 2 aromatic heterocycles. The quantitative estimate of drug-likeness (QED) is 0.796. The minimum atomic E-state index is -0.426. The lowest BCUT2D eigenvalue weighted by Crippen LogP contribution is -2.08. The molecule has 0 aliphatic carbocycles. The van der Waals surface area contributed by atoms with Crippen LogP contribution in [0.4, 0.5) is 4.39 Å². The topological polar surface area (TPSA) is 57.0 Å². The maximum atomic E-state index is 13.2. The predicted octanol–water partition coefficient (Wildman–Crippen LogP) is 2.20. The number of hydrogen-bond donors (Lipinski definition) is 0. The van der Waals surface area contributed by atoms with Crippen molar-refractivity contribution in [2.45, 2.75) is 20.8 Å². The van der Waals surface area contributed by atoms with Crippen molar-refractivity contribution in [3.63, 3.8) is 0 Å². The van der Waals surface area contributed by atoms with Gasteiger partial charge in [-0.1, -0.05) is 0 Å². The molecular weight excluding hydrogens is 249 g/mol. The van der Waals surface area contributed by atoms with Crippen LogP contribution in [0.15, 0.2) is 18.3 Å². The van der Waals surface area contributed by atoms with Gasteiger partial charge in [-0.3, -0.25) is 0 Å². The highest BCUT2D eigenvalue weighted by Gasteiger charge is 2.16. The summed E-state index contributed by atoms with van der Waals surface area (Å²) in [5.74, 6) is -0.337. The lowest BCUT2D eigenvalue weighted by molar-refractivity contribution is 0.0525. The average molecular weight is 263 g/mol. The average Bonchev–Trinajstić information content (AvgIpc) is 2.75. The van der Waals surface area contributed by atoms with Gasteiger partial charge in [-0.25, -0.2) is 18.9 Å². The van der Waals surface area contributed by atoms with Gasteiger partial charge in [0.2, 0.25) is 0 Å². The Hall–Kier alpha value is -2.24. The third kappa shape index (κ3) is 2.47. The zero-order valence-electron chi connectivity index (χ0n) is 11.0. The van der Waals surface area contributed by atoms with Crippen LogP contribution < -0.4 is 0 Å². The van der Waals surface area contributed by atoms with Crippen LogP contribution in [0.3, 0.4) is 0 Å². The molecular formula is C13H14FN3O2. The van der Waals surface area contributed by atoms with Crippen LogP contribution in [-0.4, -0.2) is 27.3 Å². The van der Waals surface area contributed by atoms with Gasteiger partial charge in [0.05, 0.1) is 24.2 Å². The molecule has 0 amide bonds. The lowest BCUT2D eigenvalue weighted by Gasteiger charge is -2.06. The summed E-state index contributed by atoms with van der Waals surface area (Å²) < 4.78 is 19.6. The maximum Gasteiger partial charge on any atom is 0.341 e. The molecule has 5 nitrogen and oxygen atoms in total. The number of aromatic nitrogens is 3. The molecule has 0 aromatic carbocycles. The number of esters is 1. The Morgan fingerprint density at radius 2 is 2.16 bits per heavy atom. The molecule has 2 aromatic rings. The second-order valence-corrected chi connectivity index (χ2v) is 4.01. The molecule has 2 rings (SSSR count). The van der Waals surface area contributed by atoms with Crippen LogP contribution in [-0.2, 0) is 4.74 Å². The SMILES string of the molecule is CCOC(=O)c1cnn(-c2ccc(F)c(C)n2)c1C. The van der Waals surface area contributed by atoms with Crippen LogP contribution in [0.1, 0.15) is 28.7 Å². The van der Waals surface area contributed by atoms with E-state index in [1.54, 1.807) is 20.8 Å². The summed E-state index contributed by atoms with van der Waals surface area (Å²) in [7, 11) is 0. The summed E-state index contributed by atoms with van der Waals surface area (Å²) >= 11 is 0. The number of rotatable bonds is 3. The van der Waals surface area contributed by atoms with Gasteiger partial charge >= 0.3 is 5.97 Å². The van der Waals surface area contributed by atoms with Crippen LogP contribution in [0, 0.1) is 19.7 Å². The Morgan fingerprint density at radius 3 is 2.79 bits per heavy atom. The van der Waals surface area contributed by atoms with Crippen molar-refractivity contribution in [2.75, 3.05) is 6.61 Å². The first-order valence-corrected chi connectivity index (χ1v) is 5.89. The summed E-state index contributed by atoms with van der Waals surface area (Å²) in [4.78, 5) is 15.8. The number of carbonyl (C=O) groups excluding carboxylic acids is 1. The fourth-order valence-electron chi connectivity index (χ4n) is 1.70. The van der Waals surface area contributed by atoms with Crippen LogP contribution in [0.2, 0.25) is 0 Å². The van der Waals surface area contributed by atoms with Gasteiger partial charge in [0, 0.05) is 0 Å². The number of aryl methyl sites for hydroxylation is 1. The van der Waals surface area contributed by atoms with Crippen molar-refractivity contribution in [2.24, 2.45) is 0 Å². The van der Waals surface area contributed by atoms with Crippen molar-refractivity contribution in [3.05, 3.63) is 41.1 Å². The second-order valence-electron chi connectivity index (χ2n) is 4.01. The van der Waals surface area contributed by atoms with Crippen LogP contribution in [0.25, 0.3) is 5.82 Å². The van der Waals surface area contributed by atoms with E-state index in [4.69, 9.17) is 4.74 Å². The zero-order valence-corrected chi connectivity index (χ0v) is 11.0. The van der Waals surface area contributed by atoms with E-state index in [0.29, 0.717) is 23.7 Å². The zero-order chi connectivity index (χ0) is 14.0. The van der Waals surface area contributed by atoms with Gasteiger partial charge in [-0.15, -0.1) is 0 Å². The highest BCUT2D eigenvalue weighted by Crippen LogP contribution is 2.15. The van der Waals surface area contributed by atoms with Gasteiger partial charge < -0.3 is 4.74 Å². The number of halogens is 1. The first-order valence-electron chi connectivity index (χ1n) is 5.89. The molecule has 0 N–H and O–H groups in total. The molecule has 0 unspecified atom stereocenters. The van der Waals surface area contributed by atoms with Gasteiger partial charge in [-0.05, 0) is 32.9 Å². The molecule has 0 aliphatic rings. The van der Waals surface area contributed by atoms with E-state index in [1.165, 1.54) is 23.0 Å². The van der Waals surface area contributed by atoms with Gasteiger partial charge in [0.25, 0.3) is 0 Å². The minimum Gasteiger partial charge on any atom is -0.462 e. The van der Waals surface area contributed by atoms with E-state index in [0.717, 1.165) is 0 Å². The first-order chi connectivity index (χ1) is 9.04. The fraction of sp³-hybridized carbons (Fsp3) is 0.308. The highest BCUT2D eigenvalue weighted by molar-refractivity contribution is 5.90. The Morgan fingerprint density at radius 1 is 1.42 bits per heavy atom. The van der Waals surface area contributed by atoms with Crippen LogP contribution >= 0.6 is 0 Å². The Kier molecular flexibility index (Phi) is 3.59. The Labute approximate surface area is 110 Å². The Balaban J connectivity index is 2.41. The van der Waals surface area contributed by atoms with E-state index in [9.17, 15) is 9.18 Å². The molecule has 2 heterocycles. The predicted molar refractivity (Wildman–Crippen MR) is 66.7 cm³/mol. The smallest absolute Gasteiger partial charge is 0.341 e. The molecule has 0 spiro atoms. The molecule has 6 heteroatoms. The normalized spacial score (nSPS) is 10.5. The van der Waals surface area contributed by atoms with Crippen molar-refractivity contribution >= 4 is 5.97 Å². The molecule has 100 valence electrons. The summed E-state index contributed by atoms with van der Waals surface area (Å²) in [5.41, 5.74) is 1.27. The molecule has 0 radical (unpaired) electrons. The highest BCUT2D eigenvalue weighted by atomic mass is 19.1. The summed E-state index contributed by atoms with van der Waals surface area (Å²) in [6, 6.07) is 2.83. The number of ether oxygens (including phenoxy) is 1. The minimum absolute atomic E-state index is 0.282. The third-order valence-corrected chi connectivity index (χ3v) is 2.73. The largest absolute Gasteiger partial charge is 0.462 e. The van der Waals surface area contributed by atoms with Crippen molar-refractivity contribution < 1.29 is 13.9 Å². The van der Waals surface area contributed by atoms with Crippen molar-refractivity contribution in [1.82, 2.24) is 14.8 Å². The molecule has 19 heavy (non-hydrogen) atoms. The van der Waals surface area contributed by atoms with Crippen molar-refractivity contribution in [1.29, 1.82) is 0 Å². The molecule has 0 aliphatic heterocycles. The Bertz CT molecular complexity index is 622. The number of nitrogens with zero attached hydrogens (tertiary/aromatic N) is 3. The fourth-order valence-corrected chi connectivity index (χ4v) is 1.70.